The van der Waals surface area contributed by atoms with Gasteiger partial charge in [0.2, 0.25) is 0 Å². The number of hydrogen-bond acceptors (Lipinski definition) is 1. The molecule has 8 heavy (non-hydrogen) atoms. The largest absolute Gasteiger partial charge is 0.278 e. The lowest BCUT2D eigenvalue weighted by Gasteiger charge is -2.23. The van der Waals surface area contributed by atoms with Crippen molar-refractivity contribution in [2.24, 2.45) is 0 Å². The van der Waals surface area contributed by atoms with Gasteiger partial charge >= 0.3 is 0 Å². The van der Waals surface area contributed by atoms with Crippen molar-refractivity contribution in [3.05, 3.63) is 0 Å². The van der Waals surface area contributed by atoms with Crippen molar-refractivity contribution in [3.63, 3.8) is 0 Å². The molecular weight excluding hydrogens is 144 g/mol. The van der Waals surface area contributed by atoms with E-state index < -0.39 is 10.0 Å². The Morgan fingerprint density at radius 3 is 2.00 bits per heavy atom. The highest BCUT2D eigenvalue weighted by molar-refractivity contribution is 8.32. The molecule has 0 rings (SSSR count). The zero-order valence-electron chi connectivity index (χ0n) is 5.61. The maximum atomic E-state index is 5.02. The van der Waals surface area contributed by atoms with Crippen LogP contribution in [0, 0.1) is 0 Å². The molecule has 0 amide bonds. The molecule has 0 aliphatic heterocycles. The van der Waals surface area contributed by atoms with Crippen molar-refractivity contribution in [2.45, 2.75) is 0 Å². The summed E-state index contributed by atoms with van der Waals surface area (Å²) in [5.74, 6) is 1.09. The van der Waals surface area contributed by atoms with Gasteiger partial charge in [-0.3, -0.25) is 4.29 Å². The molecule has 0 saturated heterocycles. The molecule has 0 aromatic heterocycles. The van der Waals surface area contributed by atoms with E-state index in [0.717, 1.165) is 5.75 Å². The van der Waals surface area contributed by atoms with Gasteiger partial charge in [0.05, 0.1) is 18.5 Å². The van der Waals surface area contributed by atoms with Gasteiger partial charge in [-0.15, -0.1) is 0 Å². The molecule has 0 heterocycles. The Labute approximate surface area is 57.8 Å². The lowest BCUT2D eigenvalue weighted by atomic mass is 10.9. The van der Waals surface area contributed by atoms with E-state index in [1.54, 1.807) is 0 Å². The topological polar surface area (TPSA) is 9.23 Å². The standard InChI is InChI=1S/C5H13ClOS/c1-8(2,3)5-4-7-6/h4-5H2,1-3H3. The van der Waals surface area contributed by atoms with Crippen LogP contribution in [0.5, 0.6) is 0 Å². The zero-order valence-corrected chi connectivity index (χ0v) is 7.18. The smallest absolute Gasteiger partial charge is 0.0758 e. The number of halogens is 1. The fourth-order valence-corrected chi connectivity index (χ4v) is 1.03. The first-order valence-electron chi connectivity index (χ1n) is 2.46. The maximum absolute atomic E-state index is 5.02. The molecule has 0 N–H and O–H groups in total. The van der Waals surface area contributed by atoms with Gasteiger partial charge < -0.3 is 0 Å². The van der Waals surface area contributed by atoms with Crippen LogP contribution in [0.25, 0.3) is 0 Å². The molecule has 0 bridgehead atoms. The number of rotatable bonds is 3. The van der Waals surface area contributed by atoms with E-state index in [2.05, 4.69) is 23.1 Å². The van der Waals surface area contributed by atoms with E-state index in [0.29, 0.717) is 6.61 Å². The molecule has 0 aliphatic carbocycles. The van der Waals surface area contributed by atoms with Crippen LogP contribution in [-0.4, -0.2) is 31.1 Å². The molecule has 1 nitrogen and oxygen atoms in total. The highest BCUT2D eigenvalue weighted by Gasteiger charge is 2.01. The zero-order chi connectivity index (χ0) is 6.62. The summed E-state index contributed by atoms with van der Waals surface area (Å²) >= 11 is 5.02. The summed E-state index contributed by atoms with van der Waals surface area (Å²) in [7, 11) is -0.396. The van der Waals surface area contributed by atoms with Crippen LogP contribution >= 0.6 is 21.9 Å². The Balaban J connectivity index is 3.11. The van der Waals surface area contributed by atoms with Gasteiger partial charge in [-0.2, -0.15) is 0 Å². The summed E-state index contributed by atoms with van der Waals surface area (Å²) in [4.78, 5) is 0. The highest BCUT2D eigenvalue weighted by atomic mass is 35.5. The first kappa shape index (κ1) is 8.60. The third kappa shape index (κ3) is 6.60. The SMILES string of the molecule is CS(C)(C)CCOCl. The van der Waals surface area contributed by atoms with Crippen molar-refractivity contribution in [2.75, 3.05) is 31.1 Å². The van der Waals surface area contributed by atoms with E-state index in [-0.39, 0.29) is 0 Å². The first-order chi connectivity index (χ1) is 3.56. The molecule has 3 heteroatoms. The van der Waals surface area contributed by atoms with Crippen LogP contribution in [0.4, 0.5) is 0 Å². The second kappa shape index (κ2) is 3.59. The van der Waals surface area contributed by atoms with Crippen molar-refractivity contribution in [1.29, 1.82) is 0 Å². The molecule has 0 saturated carbocycles. The van der Waals surface area contributed by atoms with Crippen LogP contribution in [-0.2, 0) is 4.29 Å². The molecular formula is C5H13ClOS. The molecule has 0 aromatic carbocycles. The molecule has 0 aromatic rings. The molecule has 0 fully saturated rings. The minimum atomic E-state index is -0.396. The summed E-state index contributed by atoms with van der Waals surface area (Å²) in [5.41, 5.74) is 0. The fourth-order valence-electron chi connectivity index (χ4n) is 0.281. The van der Waals surface area contributed by atoms with E-state index in [9.17, 15) is 0 Å². The molecule has 0 radical (unpaired) electrons. The van der Waals surface area contributed by atoms with Gasteiger partial charge in [0, 0.05) is 5.75 Å². The Kier molecular flexibility index (Phi) is 3.86. The molecule has 0 aliphatic rings. The van der Waals surface area contributed by atoms with E-state index in [4.69, 9.17) is 11.9 Å². The van der Waals surface area contributed by atoms with E-state index in [1.807, 2.05) is 0 Å². The number of hydrogen-bond donors (Lipinski definition) is 0. The normalized spacial score (nSPS) is 14.0. The molecule has 52 valence electrons. The average molecular weight is 157 g/mol. The van der Waals surface area contributed by atoms with Crippen LogP contribution in [0.1, 0.15) is 0 Å². The van der Waals surface area contributed by atoms with Crippen molar-refractivity contribution < 1.29 is 4.29 Å². The lowest BCUT2D eigenvalue weighted by Crippen LogP contribution is -2.02. The van der Waals surface area contributed by atoms with Gasteiger partial charge in [-0.25, -0.2) is 10.0 Å². The van der Waals surface area contributed by atoms with Gasteiger partial charge in [0.1, 0.15) is 0 Å². The van der Waals surface area contributed by atoms with Gasteiger partial charge in [0.25, 0.3) is 0 Å². The Bertz CT molecular complexity index is 59.9. The van der Waals surface area contributed by atoms with Gasteiger partial charge in [-0.1, -0.05) is 0 Å². The van der Waals surface area contributed by atoms with Gasteiger partial charge in [0.15, 0.2) is 0 Å². The van der Waals surface area contributed by atoms with Crippen molar-refractivity contribution in [3.8, 4) is 0 Å². The van der Waals surface area contributed by atoms with Crippen LogP contribution < -0.4 is 0 Å². The molecule has 0 spiro atoms. The Morgan fingerprint density at radius 1 is 1.38 bits per heavy atom. The van der Waals surface area contributed by atoms with E-state index >= 15 is 0 Å². The summed E-state index contributed by atoms with van der Waals surface area (Å²) in [6, 6.07) is 0. The summed E-state index contributed by atoms with van der Waals surface area (Å²) in [5, 5.41) is 0. The minimum Gasteiger partial charge on any atom is -0.278 e. The maximum Gasteiger partial charge on any atom is 0.0758 e. The average Bonchev–Trinajstić information content (AvgIpc) is 1.59. The second-order valence-corrected chi connectivity index (χ2v) is 7.42. The summed E-state index contributed by atoms with van der Waals surface area (Å²) in [6.07, 6.45) is 6.72. The fraction of sp³-hybridized carbons (Fsp3) is 1.00. The van der Waals surface area contributed by atoms with Gasteiger partial charge in [-0.05, 0) is 18.8 Å². The van der Waals surface area contributed by atoms with Crippen LogP contribution in [0.15, 0.2) is 0 Å². The quantitative estimate of drug-likeness (QED) is 0.606. The van der Waals surface area contributed by atoms with Crippen LogP contribution in [0.2, 0.25) is 0 Å². The minimum absolute atomic E-state index is 0.396. The predicted octanol–water partition coefficient (Wildman–Crippen LogP) is 1.85. The third-order valence-electron chi connectivity index (χ3n) is 0.773. The molecule has 0 atom stereocenters. The second-order valence-electron chi connectivity index (χ2n) is 2.61. The van der Waals surface area contributed by atoms with Crippen LogP contribution in [0.3, 0.4) is 0 Å². The van der Waals surface area contributed by atoms with Crippen molar-refractivity contribution in [1.82, 2.24) is 0 Å². The summed E-state index contributed by atoms with van der Waals surface area (Å²) < 4.78 is 4.41. The Hall–Kier alpha value is 0.600. The first-order valence-corrected chi connectivity index (χ1v) is 5.79. The third-order valence-corrected chi connectivity index (χ3v) is 2.32. The highest BCUT2D eigenvalue weighted by Crippen LogP contribution is 2.33. The Morgan fingerprint density at radius 2 is 1.88 bits per heavy atom. The molecule has 0 unspecified atom stereocenters. The summed E-state index contributed by atoms with van der Waals surface area (Å²) in [6.45, 7) is 0.681. The lowest BCUT2D eigenvalue weighted by molar-refractivity contribution is 0.381. The van der Waals surface area contributed by atoms with Crippen molar-refractivity contribution >= 4 is 21.9 Å². The predicted molar refractivity (Wildman–Crippen MR) is 42.0 cm³/mol. The van der Waals surface area contributed by atoms with E-state index in [1.165, 1.54) is 0 Å². The monoisotopic (exact) mass is 156 g/mol.